The molecule has 1 aliphatic carbocycles. The van der Waals surface area contributed by atoms with Gasteiger partial charge >= 0.3 is 6.18 Å². The number of halogens is 3. The second-order valence-electron chi connectivity index (χ2n) is 5.18. The van der Waals surface area contributed by atoms with E-state index in [1.807, 2.05) is 0 Å². The molecule has 7 heteroatoms. The Morgan fingerprint density at radius 1 is 1.44 bits per heavy atom. The lowest BCUT2D eigenvalue weighted by atomic mass is 10.0. The number of likely N-dealkylation sites (N-methyl/N-ethyl adjacent to an activating group) is 1. The minimum absolute atomic E-state index is 0.187. The predicted molar refractivity (Wildman–Crippen MR) is 62.4 cm³/mol. The number of rotatable bonds is 5. The Bertz CT molecular complexity index is 300. The molecular weight excluding hydrogens is 247 g/mol. The Morgan fingerprint density at radius 2 is 1.94 bits per heavy atom. The number of hydrogen-bond acceptors (Lipinski definition) is 3. The summed E-state index contributed by atoms with van der Waals surface area (Å²) >= 11 is 0. The third-order valence-electron chi connectivity index (χ3n) is 3.36. The molecule has 0 saturated heterocycles. The van der Waals surface area contributed by atoms with Crippen LogP contribution in [0.4, 0.5) is 13.2 Å². The van der Waals surface area contributed by atoms with Crippen LogP contribution in [0.5, 0.6) is 0 Å². The van der Waals surface area contributed by atoms with Gasteiger partial charge in [0.05, 0.1) is 5.60 Å². The summed E-state index contributed by atoms with van der Waals surface area (Å²) in [5, 5.41) is 17.1. The van der Waals surface area contributed by atoms with Gasteiger partial charge in [-0.15, -0.1) is 0 Å². The lowest BCUT2D eigenvalue weighted by Crippen LogP contribution is -2.47. The van der Waals surface area contributed by atoms with Gasteiger partial charge in [0, 0.05) is 13.1 Å². The van der Waals surface area contributed by atoms with E-state index in [4.69, 9.17) is 11.1 Å². The summed E-state index contributed by atoms with van der Waals surface area (Å²) in [6.07, 6.45) is -1.47. The average Bonchev–Trinajstić information content (AvgIpc) is 2.59. The molecule has 0 aliphatic heterocycles. The van der Waals surface area contributed by atoms with Gasteiger partial charge in [-0.05, 0) is 19.9 Å². The molecule has 1 aliphatic rings. The summed E-state index contributed by atoms with van der Waals surface area (Å²) < 4.78 is 37.9. The molecule has 4 N–H and O–H groups in total. The molecule has 0 aromatic rings. The van der Waals surface area contributed by atoms with Crippen LogP contribution in [0.1, 0.15) is 25.7 Å². The minimum Gasteiger partial charge on any atom is -0.389 e. The lowest BCUT2D eigenvalue weighted by Gasteiger charge is -2.31. The Labute approximate surface area is 104 Å². The van der Waals surface area contributed by atoms with Crippen molar-refractivity contribution in [3.05, 3.63) is 0 Å². The van der Waals surface area contributed by atoms with E-state index in [0.717, 1.165) is 12.8 Å². The quantitative estimate of drug-likeness (QED) is 0.520. The number of hydrogen-bond donors (Lipinski definition) is 3. The summed E-state index contributed by atoms with van der Waals surface area (Å²) in [6.45, 7) is -0.200. The SMILES string of the molecule is CN(CC(C(=N)N)C(F)(F)F)CC1(O)CCCC1. The average molecular weight is 267 g/mol. The number of alkyl halides is 3. The van der Waals surface area contributed by atoms with Crippen LogP contribution in [-0.4, -0.2) is 47.8 Å². The van der Waals surface area contributed by atoms with Crippen molar-refractivity contribution in [1.82, 2.24) is 4.90 Å². The molecule has 0 heterocycles. The van der Waals surface area contributed by atoms with Crippen LogP contribution in [-0.2, 0) is 0 Å². The molecule has 1 fully saturated rings. The van der Waals surface area contributed by atoms with E-state index in [1.165, 1.54) is 11.9 Å². The normalized spacial score (nSPS) is 21.2. The number of nitrogens with zero attached hydrogens (tertiary/aromatic N) is 1. The topological polar surface area (TPSA) is 73.3 Å². The van der Waals surface area contributed by atoms with Gasteiger partial charge in [0.15, 0.2) is 0 Å². The fourth-order valence-corrected chi connectivity index (χ4v) is 2.45. The predicted octanol–water partition coefficient (Wildman–Crippen LogP) is 1.34. The van der Waals surface area contributed by atoms with Crippen molar-refractivity contribution in [2.45, 2.75) is 37.5 Å². The van der Waals surface area contributed by atoms with Crippen molar-refractivity contribution in [3.8, 4) is 0 Å². The first-order valence-electron chi connectivity index (χ1n) is 5.96. The molecule has 1 atom stereocenters. The van der Waals surface area contributed by atoms with Crippen LogP contribution >= 0.6 is 0 Å². The maximum absolute atomic E-state index is 12.6. The maximum Gasteiger partial charge on any atom is 0.399 e. The molecule has 0 spiro atoms. The standard InChI is InChI=1S/C11H20F3N3O/c1-17(7-10(18)4-2-3-5-10)6-8(9(15)16)11(12,13)14/h8,18H,2-7H2,1H3,(H3,15,16). The van der Waals surface area contributed by atoms with Crippen molar-refractivity contribution >= 4 is 5.84 Å². The van der Waals surface area contributed by atoms with Gasteiger partial charge in [0.2, 0.25) is 0 Å². The zero-order valence-corrected chi connectivity index (χ0v) is 10.4. The molecule has 1 unspecified atom stereocenters. The first kappa shape index (κ1) is 15.2. The third kappa shape index (κ3) is 4.13. The Balaban J connectivity index is 2.56. The molecule has 1 rings (SSSR count). The zero-order valence-electron chi connectivity index (χ0n) is 10.4. The molecular formula is C11H20F3N3O. The number of nitrogens with two attached hydrogens (primary N) is 1. The molecule has 4 nitrogen and oxygen atoms in total. The highest BCUT2D eigenvalue weighted by Gasteiger charge is 2.43. The Kier molecular flexibility index (Phi) is 4.61. The molecule has 0 amide bonds. The second kappa shape index (κ2) is 5.44. The fraction of sp³-hybridized carbons (Fsp3) is 0.909. The van der Waals surface area contributed by atoms with Crippen molar-refractivity contribution in [2.24, 2.45) is 11.7 Å². The number of amidine groups is 1. The smallest absolute Gasteiger partial charge is 0.389 e. The third-order valence-corrected chi connectivity index (χ3v) is 3.36. The fourth-order valence-electron chi connectivity index (χ4n) is 2.45. The molecule has 0 bridgehead atoms. The first-order chi connectivity index (χ1) is 8.14. The van der Waals surface area contributed by atoms with E-state index in [1.54, 1.807) is 0 Å². The van der Waals surface area contributed by atoms with Gasteiger partial charge in [-0.1, -0.05) is 12.8 Å². The van der Waals surface area contributed by atoms with Gasteiger partial charge in [-0.25, -0.2) is 0 Å². The second-order valence-corrected chi connectivity index (χ2v) is 5.18. The van der Waals surface area contributed by atoms with E-state index in [-0.39, 0.29) is 13.1 Å². The highest BCUT2D eigenvalue weighted by Crippen LogP contribution is 2.31. The van der Waals surface area contributed by atoms with Crippen LogP contribution in [0.3, 0.4) is 0 Å². The molecule has 0 aromatic carbocycles. The van der Waals surface area contributed by atoms with E-state index in [2.05, 4.69) is 0 Å². The summed E-state index contributed by atoms with van der Waals surface area (Å²) in [6, 6.07) is 0. The van der Waals surface area contributed by atoms with E-state index >= 15 is 0 Å². The first-order valence-corrected chi connectivity index (χ1v) is 5.96. The monoisotopic (exact) mass is 267 g/mol. The zero-order chi connectivity index (χ0) is 14.0. The van der Waals surface area contributed by atoms with Crippen LogP contribution in [0.15, 0.2) is 0 Å². The van der Waals surface area contributed by atoms with Crippen LogP contribution in [0, 0.1) is 11.3 Å². The summed E-state index contributed by atoms with van der Waals surface area (Å²) in [4.78, 5) is 1.41. The minimum atomic E-state index is -4.52. The van der Waals surface area contributed by atoms with Crippen LogP contribution < -0.4 is 5.73 Å². The van der Waals surface area contributed by atoms with Crippen LogP contribution in [0.2, 0.25) is 0 Å². The summed E-state index contributed by atoms with van der Waals surface area (Å²) in [7, 11) is 1.51. The van der Waals surface area contributed by atoms with Gasteiger partial charge < -0.3 is 15.7 Å². The maximum atomic E-state index is 12.6. The molecule has 0 aromatic heterocycles. The molecule has 1 saturated carbocycles. The summed E-state index contributed by atoms with van der Waals surface area (Å²) in [5.74, 6) is -2.85. The largest absolute Gasteiger partial charge is 0.399 e. The van der Waals surface area contributed by atoms with E-state index < -0.39 is 23.5 Å². The highest BCUT2D eigenvalue weighted by atomic mass is 19.4. The van der Waals surface area contributed by atoms with Gasteiger partial charge in [0.25, 0.3) is 0 Å². The van der Waals surface area contributed by atoms with Crippen molar-refractivity contribution in [3.63, 3.8) is 0 Å². The van der Waals surface area contributed by atoms with E-state index in [9.17, 15) is 18.3 Å². The summed E-state index contributed by atoms with van der Waals surface area (Å²) in [5.41, 5.74) is 4.10. The molecule has 18 heavy (non-hydrogen) atoms. The molecule has 0 radical (unpaired) electrons. The van der Waals surface area contributed by atoms with Crippen LogP contribution in [0.25, 0.3) is 0 Å². The number of aliphatic hydroxyl groups is 1. The van der Waals surface area contributed by atoms with Crippen molar-refractivity contribution < 1.29 is 18.3 Å². The van der Waals surface area contributed by atoms with Crippen molar-refractivity contribution in [1.29, 1.82) is 5.41 Å². The lowest BCUT2D eigenvalue weighted by molar-refractivity contribution is -0.160. The van der Waals surface area contributed by atoms with E-state index in [0.29, 0.717) is 12.8 Å². The Morgan fingerprint density at radius 3 is 2.33 bits per heavy atom. The van der Waals surface area contributed by atoms with Gasteiger partial charge in [0.1, 0.15) is 11.8 Å². The number of nitrogens with one attached hydrogen (secondary N) is 1. The van der Waals surface area contributed by atoms with Gasteiger partial charge in [-0.2, -0.15) is 13.2 Å². The van der Waals surface area contributed by atoms with Gasteiger partial charge in [-0.3, -0.25) is 5.41 Å². The Hall–Kier alpha value is -0.820. The molecule has 106 valence electrons. The van der Waals surface area contributed by atoms with Crippen molar-refractivity contribution in [2.75, 3.05) is 20.1 Å². The highest BCUT2D eigenvalue weighted by molar-refractivity contribution is 5.80.